The first kappa shape index (κ1) is 15.9. The molecule has 0 bridgehead atoms. The number of nitrogens with one attached hydrogen (secondary N) is 1. The van der Waals surface area contributed by atoms with Gasteiger partial charge in [0.1, 0.15) is 0 Å². The van der Waals surface area contributed by atoms with Crippen molar-refractivity contribution in [3.8, 4) is 17.4 Å². The molecule has 0 atom stereocenters. The highest BCUT2D eigenvalue weighted by molar-refractivity contribution is 5.91. The largest absolute Gasteiger partial charge is 0.478 e. The molecular formula is C18H18N2O4. The molecule has 1 N–H and O–H groups in total. The Hall–Kier alpha value is -3.02. The third-order valence-electron chi connectivity index (χ3n) is 3.41. The first-order chi connectivity index (χ1) is 11.8. The number of ether oxygens (including phenoxy) is 3. The molecule has 1 aliphatic rings. The van der Waals surface area contributed by atoms with Crippen LogP contribution >= 0.6 is 0 Å². The SMILES string of the molecule is CCOc1ncccc1CNC(=O)/C=C/c1ccc2c(c1)OCO2. The van der Waals surface area contributed by atoms with Crippen molar-refractivity contribution in [2.45, 2.75) is 13.5 Å². The van der Waals surface area contributed by atoms with E-state index in [9.17, 15) is 4.79 Å². The van der Waals surface area contributed by atoms with Crippen LogP contribution < -0.4 is 19.5 Å². The summed E-state index contributed by atoms with van der Waals surface area (Å²) < 4.78 is 16.0. The van der Waals surface area contributed by atoms with Gasteiger partial charge in [-0.1, -0.05) is 12.1 Å². The lowest BCUT2D eigenvalue weighted by Crippen LogP contribution is -2.20. The van der Waals surface area contributed by atoms with Crippen molar-refractivity contribution < 1.29 is 19.0 Å². The Bertz CT molecular complexity index is 758. The zero-order valence-corrected chi connectivity index (χ0v) is 13.3. The van der Waals surface area contributed by atoms with Crippen molar-refractivity contribution in [2.24, 2.45) is 0 Å². The Morgan fingerprint density at radius 2 is 2.21 bits per heavy atom. The Morgan fingerprint density at radius 1 is 1.33 bits per heavy atom. The summed E-state index contributed by atoms with van der Waals surface area (Å²) >= 11 is 0. The maximum atomic E-state index is 12.0. The van der Waals surface area contributed by atoms with Crippen LogP contribution in [0.5, 0.6) is 17.4 Å². The van der Waals surface area contributed by atoms with Gasteiger partial charge in [0, 0.05) is 24.4 Å². The van der Waals surface area contributed by atoms with E-state index in [1.807, 2.05) is 37.3 Å². The number of benzene rings is 1. The molecule has 3 rings (SSSR count). The second-order valence-electron chi connectivity index (χ2n) is 5.06. The van der Waals surface area contributed by atoms with Crippen LogP contribution in [0.15, 0.2) is 42.6 Å². The van der Waals surface area contributed by atoms with Crippen molar-refractivity contribution in [3.63, 3.8) is 0 Å². The fourth-order valence-corrected chi connectivity index (χ4v) is 2.26. The van der Waals surface area contributed by atoms with Gasteiger partial charge in [0.25, 0.3) is 0 Å². The Kier molecular flexibility index (Phi) is 4.96. The maximum absolute atomic E-state index is 12.0. The van der Waals surface area contributed by atoms with E-state index >= 15 is 0 Å². The Labute approximate surface area is 140 Å². The lowest BCUT2D eigenvalue weighted by molar-refractivity contribution is -0.116. The number of fused-ring (bicyclic) bond motifs is 1. The molecule has 0 fully saturated rings. The van der Waals surface area contributed by atoms with Gasteiger partial charge in [0.2, 0.25) is 18.6 Å². The first-order valence-corrected chi connectivity index (χ1v) is 7.68. The van der Waals surface area contributed by atoms with E-state index in [1.165, 1.54) is 6.08 Å². The number of rotatable bonds is 6. The third-order valence-corrected chi connectivity index (χ3v) is 3.41. The number of amides is 1. The molecule has 0 aliphatic carbocycles. The fraction of sp³-hybridized carbons (Fsp3) is 0.222. The molecule has 0 unspecified atom stereocenters. The molecule has 0 saturated heterocycles. The van der Waals surface area contributed by atoms with E-state index in [0.717, 1.165) is 16.9 Å². The molecule has 0 radical (unpaired) electrons. The predicted octanol–water partition coefficient (Wildman–Crippen LogP) is 2.54. The number of pyridine rings is 1. The van der Waals surface area contributed by atoms with Gasteiger partial charge in [-0.25, -0.2) is 4.98 Å². The quantitative estimate of drug-likeness (QED) is 0.826. The fourth-order valence-electron chi connectivity index (χ4n) is 2.26. The third kappa shape index (κ3) is 3.84. The number of carbonyl (C=O) groups excluding carboxylic acids is 1. The van der Waals surface area contributed by atoms with Gasteiger partial charge in [-0.3, -0.25) is 4.79 Å². The van der Waals surface area contributed by atoms with Crippen LogP contribution in [-0.4, -0.2) is 24.3 Å². The topological polar surface area (TPSA) is 69.7 Å². The zero-order chi connectivity index (χ0) is 16.8. The molecule has 24 heavy (non-hydrogen) atoms. The minimum Gasteiger partial charge on any atom is -0.478 e. The van der Waals surface area contributed by atoms with E-state index in [4.69, 9.17) is 14.2 Å². The molecule has 2 aromatic rings. The van der Waals surface area contributed by atoms with E-state index < -0.39 is 0 Å². The summed E-state index contributed by atoms with van der Waals surface area (Å²) in [5, 5.41) is 2.82. The normalized spacial score (nSPS) is 12.4. The van der Waals surface area contributed by atoms with E-state index in [2.05, 4.69) is 10.3 Å². The summed E-state index contributed by atoms with van der Waals surface area (Å²) in [5.41, 5.74) is 1.70. The van der Waals surface area contributed by atoms with Crippen molar-refractivity contribution in [1.29, 1.82) is 0 Å². The summed E-state index contributed by atoms with van der Waals surface area (Å²) in [7, 11) is 0. The van der Waals surface area contributed by atoms with Crippen molar-refractivity contribution in [3.05, 3.63) is 53.7 Å². The average Bonchev–Trinajstić information content (AvgIpc) is 3.07. The second-order valence-corrected chi connectivity index (χ2v) is 5.06. The predicted molar refractivity (Wildman–Crippen MR) is 88.9 cm³/mol. The molecule has 1 aromatic heterocycles. The van der Waals surface area contributed by atoms with E-state index in [0.29, 0.717) is 24.8 Å². The molecule has 0 saturated carbocycles. The van der Waals surface area contributed by atoms with E-state index in [1.54, 1.807) is 12.3 Å². The van der Waals surface area contributed by atoms with Gasteiger partial charge in [-0.2, -0.15) is 0 Å². The van der Waals surface area contributed by atoms with Gasteiger partial charge in [0.05, 0.1) is 6.61 Å². The van der Waals surface area contributed by atoms with Crippen LogP contribution in [0.25, 0.3) is 6.08 Å². The molecule has 1 amide bonds. The monoisotopic (exact) mass is 326 g/mol. The van der Waals surface area contributed by atoms with Crippen molar-refractivity contribution in [2.75, 3.05) is 13.4 Å². The summed E-state index contributed by atoms with van der Waals surface area (Å²) in [5.74, 6) is 1.75. The minimum atomic E-state index is -0.195. The Morgan fingerprint density at radius 3 is 3.08 bits per heavy atom. The molecule has 1 aliphatic heterocycles. The highest BCUT2D eigenvalue weighted by Gasteiger charge is 2.12. The molecular weight excluding hydrogens is 308 g/mol. The van der Waals surface area contributed by atoms with Gasteiger partial charge >= 0.3 is 0 Å². The summed E-state index contributed by atoms with van der Waals surface area (Å²) in [6.45, 7) is 3.01. The number of hydrogen-bond donors (Lipinski definition) is 1. The first-order valence-electron chi connectivity index (χ1n) is 7.68. The summed E-state index contributed by atoms with van der Waals surface area (Å²) in [6, 6.07) is 9.21. The standard InChI is InChI=1S/C18H18N2O4/c1-2-22-18-14(4-3-9-19-18)11-20-17(21)8-6-13-5-7-15-16(10-13)24-12-23-15/h3-10H,2,11-12H2,1H3,(H,20,21)/b8-6+. The van der Waals surface area contributed by atoms with Crippen LogP contribution in [0.2, 0.25) is 0 Å². The van der Waals surface area contributed by atoms with Crippen LogP contribution in [0.1, 0.15) is 18.1 Å². The molecule has 6 heteroatoms. The highest BCUT2D eigenvalue weighted by Crippen LogP contribution is 2.32. The average molecular weight is 326 g/mol. The number of hydrogen-bond acceptors (Lipinski definition) is 5. The van der Waals surface area contributed by atoms with Gasteiger partial charge in [0.15, 0.2) is 11.5 Å². The van der Waals surface area contributed by atoms with Gasteiger partial charge in [-0.15, -0.1) is 0 Å². The molecule has 0 spiro atoms. The smallest absolute Gasteiger partial charge is 0.244 e. The number of aromatic nitrogens is 1. The van der Waals surface area contributed by atoms with Crippen molar-refractivity contribution in [1.82, 2.24) is 10.3 Å². The lowest BCUT2D eigenvalue weighted by atomic mass is 10.2. The number of carbonyl (C=O) groups is 1. The molecule has 1 aromatic carbocycles. The Balaban J connectivity index is 1.58. The van der Waals surface area contributed by atoms with Crippen LogP contribution in [0, 0.1) is 0 Å². The lowest BCUT2D eigenvalue weighted by Gasteiger charge is -2.08. The van der Waals surface area contributed by atoms with Crippen LogP contribution in [0.3, 0.4) is 0 Å². The van der Waals surface area contributed by atoms with Crippen LogP contribution in [0.4, 0.5) is 0 Å². The van der Waals surface area contributed by atoms with Gasteiger partial charge < -0.3 is 19.5 Å². The number of nitrogens with zero attached hydrogens (tertiary/aromatic N) is 1. The maximum Gasteiger partial charge on any atom is 0.244 e. The molecule has 6 nitrogen and oxygen atoms in total. The zero-order valence-electron chi connectivity index (χ0n) is 13.3. The molecule has 124 valence electrons. The minimum absolute atomic E-state index is 0.195. The van der Waals surface area contributed by atoms with E-state index in [-0.39, 0.29) is 12.7 Å². The van der Waals surface area contributed by atoms with Crippen molar-refractivity contribution >= 4 is 12.0 Å². The molecule has 2 heterocycles. The summed E-state index contributed by atoms with van der Waals surface area (Å²) in [6.07, 6.45) is 4.87. The van der Waals surface area contributed by atoms with Gasteiger partial charge in [-0.05, 0) is 36.8 Å². The summed E-state index contributed by atoms with van der Waals surface area (Å²) in [4.78, 5) is 16.1. The highest BCUT2D eigenvalue weighted by atomic mass is 16.7. The second kappa shape index (κ2) is 7.50. The van der Waals surface area contributed by atoms with Crippen LogP contribution in [-0.2, 0) is 11.3 Å².